The first kappa shape index (κ1) is 11.7. The summed E-state index contributed by atoms with van der Waals surface area (Å²) in [6.07, 6.45) is 5.02. The molecule has 0 aromatic carbocycles. The smallest absolute Gasteiger partial charge is 0.358 e. The van der Waals surface area contributed by atoms with Crippen LogP contribution in [0.4, 0.5) is 5.82 Å². The highest BCUT2D eigenvalue weighted by molar-refractivity contribution is 7.99. The molecule has 0 atom stereocenters. The number of aryl methyl sites for hydroxylation is 1. The number of rotatable bonds is 3. The van der Waals surface area contributed by atoms with Gasteiger partial charge in [-0.25, -0.2) is 4.98 Å². The minimum absolute atomic E-state index is 0.153. The zero-order valence-corrected chi connectivity index (χ0v) is 10.7. The minimum atomic E-state index is -0.488. The van der Waals surface area contributed by atoms with Crippen molar-refractivity contribution in [2.45, 2.75) is 10.2 Å². The van der Waals surface area contributed by atoms with Gasteiger partial charge in [-0.15, -0.1) is 0 Å². The first-order valence-corrected chi connectivity index (χ1v) is 6.24. The number of nitro groups is 1. The van der Waals surface area contributed by atoms with Crippen LogP contribution in [0.2, 0.25) is 0 Å². The Kier molecular flexibility index (Phi) is 2.71. The Hall–Kier alpha value is -2.35. The molecule has 0 amide bonds. The quantitative estimate of drug-likeness (QED) is 0.540. The van der Waals surface area contributed by atoms with Crippen LogP contribution in [0.15, 0.2) is 47.1 Å². The molecule has 19 heavy (non-hydrogen) atoms. The average molecular weight is 275 g/mol. The maximum absolute atomic E-state index is 10.9. The summed E-state index contributed by atoms with van der Waals surface area (Å²) in [6, 6.07) is 5.73. The lowest BCUT2D eigenvalue weighted by Crippen LogP contribution is -1.95. The van der Waals surface area contributed by atoms with Crippen molar-refractivity contribution in [3.8, 4) is 0 Å². The third kappa shape index (κ3) is 1.95. The van der Waals surface area contributed by atoms with Crippen molar-refractivity contribution in [2.24, 2.45) is 7.05 Å². The fraction of sp³-hybridized carbons (Fsp3) is 0.0909. The lowest BCUT2D eigenvalue weighted by molar-refractivity contribution is -0.392. The Bertz CT molecular complexity index is 763. The maximum Gasteiger partial charge on any atom is 0.396 e. The molecule has 3 aromatic rings. The predicted octanol–water partition coefficient (Wildman–Crippen LogP) is 2.13. The molecule has 96 valence electrons. The van der Waals surface area contributed by atoms with Crippen LogP contribution < -0.4 is 0 Å². The third-order valence-corrected chi connectivity index (χ3v) is 3.78. The molecule has 0 saturated carbocycles. The molecular weight excluding hydrogens is 266 g/mol. The molecule has 7 nitrogen and oxygen atoms in total. The molecule has 0 bridgehead atoms. The lowest BCUT2D eigenvalue weighted by atomic mass is 10.4. The van der Waals surface area contributed by atoms with E-state index in [1.807, 2.05) is 28.8 Å². The fourth-order valence-electron chi connectivity index (χ4n) is 1.73. The Morgan fingerprint density at radius 3 is 3.00 bits per heavy atom. The fourth-order valence-corrected chi connectivity index (χ4v) is 2.68. The standard InChI is InChI=1S/C11H9N5O2S/c1-14-7-13-9(16(17)18)10(14)19-11-12-6-8-4-2-3-5-15(8)11/h2-7H,1H3. The van der Waals surface area contributed by atoms with Crippen molar-refractivity contribution in [3.63, 3.8) is 0 Å². The summed E-state index contributed by atoms with van der Waals surface area (Å²) in [5.74, 6) is -0.153. The van der Waals surface area contributed by atoms with Gasteiger partial charge in [0.25, 0.3) is 0 Å². The number of fused-ring (bicyclic) bond motifs is 1. The summed E-state index contributed by atoms with van der Waals surface area (Å²) in [5, 5.41) is 12.0. The normalized spacial score (nSPS) is 11.0. The molecule has 0 spiro atoms. The van der Waals surface area contributed by atoms with Gasteiger partial charge in [0.1, 0.15) is 0 Å². The van der Waals surface area contributed by atoms with Crippen molar-refractivity contribution < 1.29 is 4.92 Å². The lowest BCUT2D eigenvalue weighted by Gasteiger charge is -2.01. The molecular formula is C11H9N5O2S. The van der Waals surface area contributed by atoms with Gasteiger partial charge in [-0.05, 0) is 33.8 Å². The van der Waals surface area contributed by atoms with E-state index in [-0.39, 0.29) is 5.82 Å². The van der Waals surface area contributed by atoms with Gasteiger partial charge in [-0.3, -0.25) is 4.40 Å². The van der Waals surface area contributed by atoms with Gasteiger partial charge in [0.05, 0.1) is 11.7 Å². The second-order valence-electron chi connectivity index (χ2n) is 3.88. The van der Waals surface area contributed by atoms with Crippen LogP contribution in [-0.2, 0) is 7.05 Å². The molecule has 0 aliphatic carbocycles. The molecule has 0 radical (unpaired) electrons. The van der Waals surface area contributed by atoms with Gasteiger partial charge in [0.15, 0.2) is 10.2 Å². The summed E-state index contributed by atoms with van der Waals surface area (Å²) in [4.78, 5) is 18.5. The van der Waals surface area contributed by atoms with Crippen LogP contribution in [0, 0.1) is 10.1 Å². The predicted molar refractivity (Wildman–Crippen MR) is 69.2 cm³/mol. The molecule has 0 aliphatic heterocycles. The summed E-state index contributed by atoms with van der Waals surface area (Å²) in [6.45, 7) is 0. The number of aromatic nitrogens is 4. The molecule has 0 unspecified atom stereocenters. The molecule has 3 aromatic heterocycles. The Morgan fingerprint density at radius 2 is 2.21 bits per heavy atom. The van der Waals surface area contributed by atoms with Gasteiger partial charge in [-0.2, -0.15) is 0 Å². The van der Waals surface area contributed by atoms with Crippen molar-refractivity contribution in [2.75, 3.05) is 0 Å². The third-order valence-electron chi connectivity index (χ3n) is 2.63. The Balaban J connectivity index is 2.06. The van der Waals surface area contributed by atoms with Crippen LogP contribution >= 0.6 is 11.8 Å². The van der Waals surface area contributed by atoms with Gasteiger partial charge in [0.2, 0.25) is 6.33 Å². The first-order chi connectivity index (χ1) is 9.16. The van der Waals surface area contributed by atoms with E-state index in [1.54, 1.807) is 17.8 Å². The van der Waals surface area contributed by atoms with E-state index in [1.165, 1.54) is 18.1 Å². The Morgan fingerprint density at radius 1 is 1.37 bits per heavy atom. The summed E-state index contributed by atoms with van der Waals surface area (Å²) < 4.78 is 3.49. The molecule has 0 saturated heterocycles. The molecule has 3 heterocycles. The largest absolute Gasteiger partial charge is 0.396 e. The minimum Gasteiger partial charge on any atom is -0.358 e. The van der Waals surface area contributed by atoms with Crippen LogP contribution in [0.3, 0.4) is 0 Å². The highest BCUT2D eigenvalue weighted by atomic mass is 32.2. The average Bonchev–Trinajstić information content (AvgIpc) is 2.96. The van der Waals surface area contributed by atoms with E-state index in [4.69, 9.17) is 0 Å². The molecule has 3 rings (SSSR count). The second kappa shape index (κ2) is 4.39. The van der Waals surface area contributed by atoms with Crippen LogP contribution in [0.1, 0.15) is 0 Å². The Labute approximate surface area is 112 Å². The zero-order valence-electron chi connectivity index (χ0n) is 9.92. The van der Waals surface area contributed by atoms with E-state index in [2.05, 4.69) is 9.97 Å². The molecule has 8 heteroatoms. The highest BCUT2D eigenvalue weighted by Gasteiger charge is 2.22. The monoisotopic (exact) mass is 275 g/mol. The number of hydrogen-bond acceptors (Lipinski definition) is 5. The molecule has 0 N–H and O–H groups in total. The molecule has 0 aliphatic rings. The number of nitrogens with zero attached hydrogens (tertiary/aromatic N) is 5. The number of hydrogen-bond donors (Lipinski definition) is 0. The van der Waals surface area contributed by atoms with Crippen molar-refractivity contribution >= 4 is 23.1 Å². The van der Waals surface area contributed by atoms with E-state index in [9.17, 15) is 10.1 Å². The van der Waals surface area contributed by atoms with E-state index in [0.717, 1.165) is 5.52 Å². The van der Waals surface area contributed by atoms with Gasteiger partial charge in [-0.1, -0.05) is 6.07 Å². The summed E-state index contributed by atoms with van der Waals surface area (Å²) >= 11 is 1.22. The van der Waals surface area contributed by atoms with Crippen LogP contribution in [0.5, 0.6) is 0 Å². The van der Waals surface area contributed by atoms with Gasteiger partial charge >= 0.3 is 5.82 Å². The van der Waals surface area contributed by atoms with Gasteiger partial charge < -0.3 is 14.7 Å². The van der Waals surface area contributed by atoms with E-state index < -0.39 is 4.92 Å². The SMILES string of the molecule is Cn1cnc([N+](=O)[O-])c1Sc1ncc2ccccn12. The van der Waals surface area contributed by atoms with Crippen molar-refractivity contribution in [1.82, 2.24) is 18.9 Å². The zero-order chi connectivity index (χ0) is 13.4. The van der Waals surface area contributed by atoms with Gasteiger partial charge in [0, 0.05) is 13.2 Å². The summed E-state index contributed by atoms with van der Waals surface area (Å²) in [7, 11) is 1.72. The second-order valence-corrected chi connectivity index (χ2v) is 4.84. The van der Waals surface area contributed by atoms with Crippen LogP contribution in [0.25, 0.3) is 5.52 Å². The van der Waals surface area contributed by atoms with E-state index >= 15 is 0 Å². The number of pyridine rings is 1. The van der Waals surface area contributed by atoms with Crippen LogP contribution in [-0.4, -0.2) is 23.9 Å². The highest BCUT2D eigenvalue weighted by Crippen LogP contribution is 2.32. The topological polar surface area (TPSA) is 78.3 Å². The first-order valence-electron chi connectivity index (χ1n) is 5.42. The number of imidazole rings is 2. The van der Waals surface area contributed by atoms with Crippen molar-refractivity contribution in [3.05, 3.63) is 47.0 Å². The maximum atomic E-state index is 10.9. The van der Waals surface area contributed by atoms with Crippen molar-refractivity contribution in [1.29, 1.82) is 0 Å². The summed E-state index contributed by atoms with van der Waals surface area (Å²) in [5.41, 5.74) is 0.940. The van der Waals surface area contributed by atoms with E-state index in [0.29, 0.717) is 10.2 Å². The molecule has 0 fully saturated rings.